The van der Waals surface area contributed by atoms with Crippen LogP contribution < -0.4 is 0 Å². The second-order valence-electron chi connectivity index (χ2n) is 18.5. The standard InChI is InChI=1S/C41H62O16/c1-17(2)19-8-9-20-18-7-10-24-39(3,4)25(12-14-41(24,6)21(18)11-13-40(19,20)5)54-38-34(57-36-30(48)27(45)26(44)23(15-42)53-36)32(22(43)16-52-38)55-37-31(49)28(46)29(47)33(56-37)35(50)51/h8-9,17,22-34,36-38,42-49H,7,10-16H2,1-6H3,(H,50,51). The molecule has 3 saturated heterocycles. The van der Waals surface area contributed by atoms with Gasteiger partial charge in [0.05, 0.1) is 19.3 Å². The summed E-state index contributed by atoms with van der Waals surface area (Å²) in [5.41, 5.74) is 5.50. The highest BCUT2D eigenvalue weighted by molar-refractivity contribution is 5.73. The quantitative estimate of drug-likeness (QED) is 0.153. The van der Waals surface area contributed by atoms with E-state index < -0.39 is 110 Å². The minimum absolute atomic E-state index is 0.0502. The number of aliphatic hydroxyl groups excluding tert-OH is 8. The zero-order chi connectivity index (χ0) is 41.5. The topological polar surface area (TPSA) is 255 Å². The number of hydrogen-bond acceptors (Lipinski definition) is 15. The Labute approximate surface area is 332 Å². The summed E-state index contributed by atoms with van der Waals surface area (Å²) in [6.45, 7) is 12.5. The Morgan fingerprint density at radius 2 is 1.44 bits per heavy atom. The van der Waals surface area contributed by atoms with Gasteiger partial charge in [-0.1, -0.05) is 64.8 Å². The van der Waals surface area contributed by atoms with Gasteiger partial charge >= 0.3 is 5.97 Å². The molecule has 57 heavy (non-hydrogen) atoms. The van der Waals surface area contributed by atoms with Crippen LogP contribution >= 0.6 is 0 Å². The molecule has 16 heteroatoms. The Morgan fingerprint density at radius 1 is 0.789 bits per heavy atom. The first-order valence-electron chi connectivity index (χ1n) is 20.4. The number of allylic oxidation sites excluding steroid dienone is 6. The molecule has 18 unspecified atom stereocenters. The minimum Gasteiger partial charge on any atom is -0.479 e. The SMILES string of the molecule is CC(C)C1=CC=C2C3=C(CCC21C)C1(C)CCC(OC2OCC(O)C(OC4OC(C(=O)O)C(O)C(O)C4O)C2OC2OC(CO)C(O)C(O)C2O)C(C)(C)C1CC3. The Bertz CT molecular complexity index is 1610. The van der Waals surface area contributed by atoms with Crippen molar-refractivity contribution in [1.29, 1.82) is 0 Å². The van der Waals surface area contributed by atoms with Gasteiger partial charge in [-0.2, -0.15) is 0 Å². The lowest BCUT2D eigenvalue weighted by atomic mass is 9.46. The number of carboxylic acids is 1. The van der Waals surface area contributed by atoms with Gasteiger partial charge in [-0.15, -0.1) is 0 Å². The number of hydrogen-bond donors (Lipinski definition) is 9. The number of ether oxygens (including phenoxy) is 6. The van der Waals surface area contributed by atoms with Crippen LogP contribution in [-0.2, 0) is 33.2 Å². The van der Waals surface area contributed by atoms with E-state index in [4.69, 9.17) is 28.4 Å². The average Bonchev–Trinajstić information content (AvgIpc) is 3.52. The molecular weight excluding hydrogens is 748 g/mol. The normalized spacial score (nSPS) is 48.5. The number of aliphatic hydroxyl groups is 8. The number of aliphatic carboxylic acids is 1. The van der Waals surface area contributed by atoms with Crippen LogP contribution in [0.5, 0.6) is 0 Å². The highest BCUT2D eigenvalue weighted by Crippen LogP contribution is 2.66. The summed E-state index contributed by atoms with van der Waals surface area (Å²) in [6.07, 6.45) is -14.6. The van der Waals surface area contributed by atoms with Crippen molar-refractivity contribution < 1.29 is 79.2 Å². The van der Waals surface area contributed by atoms with Gasteiger partial charge in [-0.25, -0.2) is 4.79 Å². The fourth-order valence-corrected chi connectivity index (χ4v) is 11.4. The molecule has 4 fully saturated rings. The first kappa shape index (κ1) is 43.2. The summed E-state index contributed by atoms with van der Waals surface area (Å²) < 4.78 is 36.1. The van der Waals surface area contributed by atoms with E-state index >= 15 is 0 Å². The summed E-state index contributed by atoms with van der Waals surface area (Å²) in [5.74, 6) is -0.960. The molecule has 7 aliphatic rings. The fraction of sp³-hybridized carbons (Fsp3) is 0.829. The molecule has 16 nitrogen and oxygen atoms in total. The number of carbonyl (C=O) groups is 1. The first-order valence-corrected chi connectivity index (χ1v) is 20.4. The zero-order valence-electron chi connectivity index (χ0n) is 33.5. The van der Waals surface area contributed by atoms with Crippen LogP contribution in [0.15, 0.2) is 34.4 Å². The van der Waals surface area contributed by atoms with Crippen molar-refractivity contribution in [1.82, 2.24) is 0 Å². The Balaban J connectivity index is 1.16. The van der Waals surface area contributed by atoms with Crippen molar-refractivity contribution in [2.75, 3.05) is 13.2 Å². The van der Waals surface area contributed by atoms with Crippen LogP contribution in [0.2, 0.25) is 0 Å². The van der Waals surface area contributed by atoms with Crippen LogP contribution in [0.1, 0.15) is 80.1 Å². The van der Waals surface area contributed by atoms with Gasteiger partial charge < -0.3 is 74.4 Å². The van der Waals surface area contributed by atoms with Crippen molar-refractivity contribution in [3.63, 3.8) is 0 Å². The van der Waals surface area contributed by atoms with Crippen molar-refractivity contribution in [2.45, 2.75) is 172 Å². The van der Waals surface area contributed by atoms with Gasteiger partial charge in [0, 0.05) is 5.41 Å². The van der Waals surface area contributed by atoms with Gasteiger partial charge in [-0.3, -0.25) is 0 Å². The molecule has 0 radical (unpaired) electrons. The molecule has 1 saturated carbocycles. The molecular formula is C41H62O16. The third kappa shape index (κ3) is 7.18. The summed E-state index contributed by atoms with van der Waals surface area (Å²) in [7, 11) is 0. The molecule has 9 N–H and O–H groups in total. The minimum atomic E-state index is -2.00. The molecule has 322 valence electrons. The predicted molar refractivity (Wildman–Crippen MR) is 198 cm³/mol. The fourth-order valence-electron chi connectivity index (χ4n) is 11.4. The van der Waals surface area contributed by atoms with Crippen LogP contribution in [-0.4, -0.2) is 157 Å². The van der Waals surface area contributed by atoms with Gasteiger partial charge in [0.1, 0.15) is 61.0 Å². The Morgan fingerprint density at radius 3 is 2.09 bits per heavy atom. The van der Waals surface area contributed by atoms with Crippen LogP contribution in [0, 0.1) is 28.1 Å². The molecule has 0 aromatic heterocycles. The maximum atomic E-state index is 11.9. The highest BCUT2D eigenvalue weighted by Gasteiger charge is 2.59. The predicted octanol–water partition coefficient (Wildman–Crippen LogP) is 0.407. The highest BCUT2D eigenvalue weighted by atomic mass is 16.8. The molecule has 0 aromatic carbocycles. The summed E-state index contributed by atoms with van der Waals surface area (Å²) in [6, 6.07) is 0. The van der Waals surface area contributed by atoms with E-state index in [0.717, 1.165) is 32.1 Å². The zero-order valence-corrected chi connectivity index (χ0v) is 33.5. The van der Waals surface area contributed by atoms with Gasteiger partial charge in [0.25, 0.3) is 0 Å². The molecule has 18 atom stereocenters. The monoisotopic (exact) mass is 810 g/mol. The summed E-state index contributed by atoms with van der Waals surface area (Å²) >= 11 is 0. The first-order chi connectivity index (χ1) is 26.8. The van der Waals surface area contributed by atoms with Crippen molar-refractivity contribution >= 4 is 5.97 Å². The van der Waals surface area contributed by atoms with Gasteiger partial charge in [-0.05, 0) is 72.3 Å². The molecule has 0 spiro atoms. The maximum absolute atomic E-state index is 11.9. The summed E-state index contributed by atoms with van der Waals surface area (Å²) in [5, 5.41) is 94.3. The molecule has 0 amide bonds. The third-order valence-corrected chi connectivity index (χ3v) is 14.6. The molecule has 0 bridgehead atoms. The maximum Gasteiger partial charge on any atom is 0.335 e. The Hall–Kier alpha value is -1.87. The smallest absolute Gasteiger partial charge is 0.335 e. The van der Waals surface area contributed by atoms with E-state index in [1.54, 1.807) is 0 Å². The van der Waals surface area contributed by atoms with E-state index in [-0.39, 0.29) is 23.4 Å². The molecule has 3 heterocycles. The average molecular weight is 811 g/mol. The van der Waals surface area contributed by atoms with Crippen LogP contribution in [0.3, 0.4) is 0 Å². The van der Waals surface area contributed by atoms with Crippen LogP contribution in [0.4, 0.5) is 0 Å². The van der Waals surface area contributed by atoms with E-state index in [2.05, 4.69) is 53.7 Å². The second kappa shape index (κ2) is 15.9. The lowest BCUT2D eigenvalue weighted by Crippen LogP contribution is -2.66. The molecule has 3 aliphatic heterocycles. The van der Waals surface area contributed by atoms with E-state index in [1.807, 2.05) is 0 Å². The van der Waals surface area contributed by atoms with Crippen molar-refractivity contribution in [3.8, 4) is 0 Å². The molecule has 4 aliphatic carbocycles. The lowest BCUT2D eigenvalue weighted by Gasteiger charge is -2.60. The second-order valence-corrected chi connectivity index (χ2v) is 18.5. The molecule has 7 rings (SSSR count). The number of fused-ring (bicyclic) bond motifs is 4. The Kier molecular flexibility index (Phi) is 12.0. The lowest BCUT2D eigenvalue weighted by molar-refractivity contribution is -0.387. The van der Waals surface area contributed by atoms with Gasteiger partial charge in [0.15, 0.2) is 25.0 Å². The van der Waals surface area contributed by atoms with E-state index in [9.17, 15) is 50.8 Å². The van der Waals surface area contributed by atoms with Crippen molar-refractivity contribution in [3.05, 3.63) is 34.4 Å². The van der Waals surface area contributed by atoms with E-state index in [0.29, 0.717) is 12.3 Å². The molecule has 0 aromatic rings. The number of carboxylic acid groups (broad SMARTS) is 1. The van der Waals surface area contributed by atoms with Gasteiger partial charge in [0.2, 0.25) is 0 Å². The largest absolute Gasteiger partial charge is 0.479 e. The van der Waals surface area contributed by atoms with Crippen LogP contribution in [0.25, 0.3) is 0 Å². The number of rotatable bonds is 9. The van der Waals surface area contributed by atoms with Crippen molar-refractivity contribution in [2.24, 2.45) is 28.1 Å². The summed E-state index contributed by atoms with van der Waals surface area (Å²) in [4.78, 5) is 11.9. The van der Waals surface area contributed by atoms with E-state index in [1.165, 1.54) is 22.3 Å². The third-order valence-electron chi connectivity index (χ3n) is 14.6.